The topological polar surface area (TPSA) is 95.9 Å². The highest BCUT2D eigenvalue weighted by atomic mass is 16.5. The van der Waals surface area contributed by atoms with Gasteiger partial charge >= 0.3 is 12.1 Å². The third-order valence-corrected chi connectivity index (χ3v) is 6.20. The molecule has 0 heterocycles. The Labute approximate surface area is 188 Å². The molecule has 0 saturated heterocycles. The van der Waals surface area contributed by atoms with E-state index in [1.54, 1.807) is 6.92 Å². The predicted molar refractivity (Wildman–Crippen MR) is 121 cm³/mol. The van der Waals surface area contributed by atoms with E-state index in [9.17, 15) is 19.5 Å². The molecule has 7 heteroatoms. The van der Waals surface area contributed by atoms with Gasteiger partial charge in [-0.1, -0.05) is 61.9 Å². The number of alkyl carbamates (subject to hydrolysis) is 1. The molecule has 0 bridgehead atoms. The van der Waals surface area contributed by atoms with Crippen LogP contribution in [0, 0.1) is 0 Å². The van der Waals surface area contributed by atoms with Gasteiger partial charge in [-0.05, 0) is 42.5 Å². The average molecular weight is 439 g/mol. The van der Waals surface area contributed by atoms with E-state index in [1.807, 2.05) is 43.3 Å². The first-order valence-corrected chi connectivity index (χ1v) is 10.8. The number of fused-ring (bicyclic) bond motifs is 3. The van der Waals surface area contributed by atoms with Crippen molar-refractivity contribution in [1.82, 2.24) is 10.2 Å². The molecule has 2 aromatic rings. The van der Waals surface area contributed by atoms with Crippen molar-refractivity contribution in [2.45, 2.75) is 51.1 Å². The second kappa shape index (κ2) is 9.42. The Morgan fingerprint density at radius 2 is 1.62 bits per heavy atom. The molecule has 0 radical (unpaired) electrons. The fraction of sp³-hybridized carbons (Fsp3) is 0.400. The number of carbonyl (C=O) groups excluding carboxylic acids is 2. The third kappa shape index (κ3) is 4.47. The minimum absolute atomic E-state index is 0.0870. The van der Waals surface area contributed by atoms with Gasteiger partial charge in [0.15, 0.2) is 0 Å². The first kappa shape index (κ1) is 23.3. The van der Waals surface area contributed by atoms with E-state index in [-0.39, 0.29) is 12.5 Å². The Kier molecular flexibility index (Phi) is 6.87. The van der Waals surface area contributed by atoms with Crippen LogP contribution >= 0.6 is 0 Å². The summed E-state index contributed by atoms with van der Waals surface area (Å²) in [7, 11) is 1.43. The van der Waals surface area contributed by atoms with Gasteiger partial charge < -0.3 is 20.1 Å². The number of amides is 2. The Balaban J connectivity index is 1.73. The first-order valence-electron chi connectivity index (χ1n) is 10.8. The van der Waals surface area contributed by atoms with Gasteiger partial charge in [0.25, 0.3) is 0 Å². The van der Waals surface area contributed by atoms with E-state index in [4.69, 9.17) is 4.74 Å². The van der Waals surface area contributed by atoms with Gasteiger partial charge in [0.05, 0.1) is 0 Å². The molecule has 0 spiro atoms. The number of hydrogen-bond donors (Lipinski definition) is 2. The van der Waals surface area contributed by atoms with Crippen LogP contribution < -0.4 is 5.32 Å². The summed E-state index contributed by atoms with van der Waals surface area (Å²) >= 11 is 0. The number of nitrogens with one attached hydrogen (secondary N) is 1. The van der Waals surface area contributed by atoms with Crippen LogP contribution in [0.15, 0.2) is 48.5 Å². The molecule has 170 valence electrons. The van der Waals surface area contributed by atoms with Crippen LogP contribution in [0.1, 0.15) is 50.7 Å². The number of nitrogens with zero attached hydrogens (tertiary/aromatic N) is 1. The molecule has 7 nitrogen and oxygen atoms in total. The molecular formula is C25H30N2O5. The van der Waals surface area contributed by atoms with Crippen LogP contribution in [-0.4, -0.2) is 53.2 Å². The molecule has 3 rings (SSSR count). The van der Waals surface area contributed by atoms with Gasteiger partial charge in [-0.2, -0.15) is 0 Å². The summed E-state index contributed by atoms with van der Waals surface area (Å²) < 4.78 is 5.58. The largest absolute Gasteiger partial charge is 0.480 e. The van der Waals surface area contributed by atoms with E-state index >= 15 is 0 Å². The maximum atomic E-state index is 13.0. The summed E-state index contributed by atoms with van der Waals surface area (Å²) in [6.45, 7) is 5.06. The Hall–Kier alpha value is -3.35. The lowest BCUT2D eigenvalue weighted by molar-refractivity contribution is -0.150. The number of carbonyl (C=O) groups is 3. The molecule has 2 unspecified atom stereocenters. The summed E-state index contributed by atoms with van der Waals surface area (Å²) in [4.78, 5) is 38.2. The Morgan fingerprint density at radius 3 is 2.12 bits per heavy atom. The van der Waals surface area contributed by atoms with Crippen molar-refractivity contribution in [3.8, 4) is 11.1 Å². The molecule has 1 aliphatic carbocycles. The van der Waals surface area contributed by atoms with Gasteiger partial charge in [0, 0.05) is 13.0 Å². The standard InChI is InChI=1S/C25H30N2O5/c1-5-14-25(3,23(30)27(4)16(2)22(28)29)26-24(31)32-15-21-19-12-8-6-10-17(19)18-11-7-9-13-20(18)21/h6-13,16,21H,5,14-15H2,1-4H3,(H,26,31)(H,28,29). The highest BCUT2D eigenvalue weighted by molar-refractivity contribution is 5.92. The average Bonchev–Trinajstić information content (AvgIpc) is 3.10. The van der Waals surface area contributed by atoms with Crippen molar-refractivity contribution in [1.29, 1.82) is 0 Å². The number of ether oxygens (including phenoxy) is 1. The zero-order chi connectivity index (χ0) is 23.5. The predicted octanol–water partition coefficient (Wildman–Crippen LogP) is 4.02. The van der Waals surface area contributed by atoms with E-state index in [0.29, 0.717) is 12.8 Å². The molecule has 2 aromatic carbocycles. The zero-order valence-electron chi connectivity index (χ0n) is 18.9. The number of carboxylic acids is 1. The number of likely N-dealkylation sites (N-methyl/N-ethyl adjacent to an activating group) is 1. The highest BCUT2D eigenvalue weighted by Gasteiger charge is 2.39. The summed E-state index contributed by atoms with van der Waals surface area (Å²) in [5, 5.41) is 11.9. The summed E-state index contributed by atoms with van der Waals surface area (Å²) in [6, 6.07) is 15.1. The number of aliphatic carboxylic acids is 1. The minimum atomic E-state index is -1.27. The molecule has 32 heavy (non-hydrogen) atoms. The quantitative estimate of drug-likeness (QED) is 0.649. The second-order valence-electron chi connectivity index (χ2n) is 8.46. The summed E-state index contributed by atoms with van der Waals surface area (Å²) in [5.41, 5.74) is 3.20. The number of benzene rings is 2. The van der Waals surface area contributed by atoms with Gasteiger partial charge in [-0.15, -0.1) is 0 Å². The molecule has 0 aliphatic heterocycles. The molecule has 0 fully saturated rings. The molecular weight excluding hydrogens is 408 g/mol. The molecule has 1 aliphatic rings. The minimum Gasteiger partial charge on any atom is -0.480 e. The highest BCUT2D eigenvalue weighted by Crippen LogP contribution is 2.44. The normalized spacial score (nSPS) is 15.1. The fourth-order valence-electron chi connectivity index (χ4n) is 4.31. The van der Waals surface area contributed by atoms with Gasteiger partial charge in [-0.3, -0.25) is 4.79 Å². The Morgan fingerprint density at radius 1 is 1.09 bits per heavy atom. The first-order chi connectivity index (χ1) is 15.2. The van der Waals surface area contributed by atoms with Crippen LogP contribution in [0.4, 0.5) is 4.79 Å². The van der Waals surface area contributed by atoms with Gasteiger partial charge in [0.1, 0.15) is 18.2 Å². The molecule has 2 N–H and O–H groups in total. The van der Waals surface area contributed by atoms with Crippen LogP contribution in [0.25, 0.3) is 11.1 Å². The second-order valence-corrected chi connectivity index (χ2v) is 8.46. The van der Waals surface area contributed by atoms with Crippen molar-refractivity contribution in [3.63, 3.8) is 0 Å². The fourth-order valence-corrected chi connectivity index (χ4v) is 4.31. The van der Waals surface area contributed by atoms with Crippen LogP contribution in [0.3, 0.4) is 0 Å². The number of carboxylic acid groups (broad SMARTS) is 1. The van der Waals surface area contributed by atoms with Crippen LogP contribution in [-0.2, 0) is 14.3 Å². The molecule has 2 amide bonds. The number of hydrogen-bond acceptors (Lipinski definition) is 4. The SMILES string of the molecule is CCCC(C)(NC(=O)OCC1c2ccccc2-c2ccccc21)C(=O)N(C)C(C)C(=O)O. The van der Waals surface area contributed by atoms with Crippen molar-refractivity contribution in [2.24, 2.45) is 0 Å². The zero-order valence-corrected chi connectivity index (χ0v) is 18.9. The van der Waals surface area contributed by atoms with Gasteiger partial charge in [-0.25, -0.2) is 9.59 Å². The maximum Gasteiger partial charge on any atom is 0.408 e. The van der Waals surface area contributed by atoms with Crippen LogP contribution in [0.2, 0.25) is 0 Å². The lowest BCUT2D eigenvalue weighted by Gasteiger charge is -2.34. The molecule has 2 atom stereocenters. The van der Waals surface area contributed by atoms with Crippen LogP contribution in [0.5, 0.6) is 0 Å². The van der Waals surface area contributed by atoms with Crippen molar-refractivity contribution >= 4 is 18.0 Å². The summed E-state index contributed by atoms with van der Waals surface area (Å²) in [5.74, 6) is -1.67. The maximum absolute atomic E-state index is 13.0. The molecule has 0 saturated carbocycles. The van der Waals surface area contributed by atoms with E-state index < -0.39 is 29.6 Å². The lowest BCUT2D eigenvalue weighted by Crippen LogP contribution is -2.59. The van der Waals surface area contributed by atoms with Crippen molar-refractivity contribution in [2.75, 3.05) is 13.7 Å². The smallest absolute Gasteiger partial charge is 0.408 e. The van der Waals surface area contributed by atoms with Crippen molar-refractivity contribution < 1.29 is 24.2 Å². The number of rotatable bonds is 8. The molecule has 0 aromatic heterocycles. The van der Waals surface area contributed by atoms with E-state index in [2.05, 4.69) is 17.4 Å². The van der Waals surface area contributed by atoms with E-state index in [0.717, 1.165) is 27.2 Å². The third-order valence-electron chi connectivity index (χ3n) is 6.20. The lowest BCUT2D eigenvalue weighted by atomic mass is 9.94. The van der Waals surface area contributed by atoms with E-state index in [1.165, 1.54) is 14.0 Å². The monoisotopic (exact) mass is 438 g/mol. The van der Waals surface area contributed by atoms with Gasteiger partial charge in [0.2, 0.25) is 5.91 Å². The Bertz CT molecular complexity index is 975. The summed E-state index contributed by atoms with van der Waals surface area (Å²) in [6.07, 6.45) is 0.279. The van der Waals surface area contributed by atoms with Crippen molar-refractivity contribution in [3.05, 3.63) is 59.7 Å².